The smallest absolute Gasteiger partial charge is 0.239 e. The zero-order valence-corrected chi connectivity index (χ0v) is 14.1. The van der Waals surface area contributed by atoms with E-state index in [2.05, 4.69) is 25.5 Å². The fourth-order valence-electron chi connectivity index (χ4n) is 3.17. The molecule has 0 saturated carbocycles. The van der Waals surface area contributed by atoms with Gasteiger partial charge >= 0.3 is 0 Å². The van der Waals surface area contributed by atoms with Crippen molar-refractivity contribution < 1.29 is 4.79 Å². The average Bonchev–Trinajstić information content (AvgIpc) is 3.26. The zero-order chi connectivity index (χ0) is 17.2. The quantitative estimate of drug-likeness (QED) is 0.789. The third-order valence-corrected chi connectivity index (χ3v) is 4.45. The summed E-state index contributed by atoms with van der Waals surface area (Å²) in [6.07, 6.45) is 6.00. The number of aryl methyl sites for hydroxylation is 1. The second-order valence-electron chi connectivity index (χ2n) is 6.44. The highest BCUT2D eigenvalue weighted by atomic mass is 16.2. The number of likely N-dealkylation sites (tertiary alicyclic amines) is 1. The van der Waals surface area contributed by atoms with Gasteiger partial charge in [0, 0.05) is 24.2 Å². The maximum Gasteiger partial charge on any atom is 0.239 e. The summed E-state index contributed by atoms with van der Waals surface area (Å²) in [6.45, 7) is 2.43. The lowest BCUT2D eigenvalue weighted by Gasteiger charge is -2.14. The van der Waals surface area contributed by atoms with Crippen molar-refractivity contribution in [2.45, 2.75) is 12.8 Å². The molecule has 1 amide bonds. The molecule has 0 bridgehead atoms. The number of nitrogens with zero attached hydrogens (tertiary/aromatic N) is 5. The minimum absolute atomic E-state index is 0.0150. The first-order valence-corrected chi connectivity index (χ1v) is 8.46. The third kappa shape index (κ3) is 3.51. The van der Waals surface area contributed by atoms with Gasteiger partial charge in [-0.25, -0.2) is 4.98 Å². The Morgan fingerprint density at radius 1 is 1.20 bits per heavy atom. The Kier molecular flexibility index (Phi) is 4.15. The topological polar surface area (TPSA) is 75.9 Å². The Morgan fingerprint density at radius 2 is 2.04 bits per heavy atom. The minimum Gasteiger partial charge on any atom is -0.310 e. The number of rotatable bonds is 4. The molecular weight excluding hydrogens is 316 g/mol. The van der Waals surface area contributed by atoms with E-state index in [1.165, 1.54) is 12.8 Å². The van der Waals surface area contributed by atoms with E-state index in [-0.39, 0.29) is 5.91 Å². The van der Waals surface area contributed by atoms with Gasteiger partial charge in [0.2, 0.25) is 5.91 Å². The van der Waals surface area contributed by atoms with Gasteiger partial charge in [-0.05, 0) is 43.5 Å². The lowest BCUT2D eigenvalue weighted by Crippen LogP contribution is -2.31. The summed E-state index contributed by atoms with van der Waals surface area (Å²) < 4.78 is 1.68. The van der Waals surface area contributed by atoms with E-state index in [9.17, 15) is 4.79 Å². The van der Waals surface area contributed by atoms with E-state index in [0.717, 1.165) is 35.1 Å². The number of fused-ring (bicyclic) bond motifs is 1. The average molecular weight is 336 g/mol. The van der Waals surface area contributed by atoms with Crippen LogP contribution in [-0.4, -0.2) is 50.4 Å². The molecule has 1 aliphatic heterocycles. The number of nitrogens with one attached hydrogen (secondary N) is 1. The van der Waals surface area contributed by atoms with Crippen LogP contribution in [0, 0.1) is 0 Å². The summed E-state index contributed by atoms with van der Waals surface area (Å²) in [5, 5.41) is 13.0. The highest BCUT2D eigenvalue weighted by Gasteiger charge is 2.15. The van der Waals surface area contributed by atoms with Gasteiger partial charge in [0.15, 0.2) is 0 Å². The molecule has 1 saturated heterocycles. The molecule has 1 fully saturated rings. The van der Waals surface area contributed by atoms with Crippen LogP contribution in [0.3, 0.4) is 0 Å². The Morgan fingerprint density at radius 3 is 2.80 bits per heavy atom. The van der Waals surface area contributed by atoms with E-state index in [0.29, 0.717) is 12.4 Å². The van der Waals surface area contributed by atoms with Crippen molar-refractivity contribution in [3.05, 3.63) is 36.7 Å². The zero-order valence-electron chi connectivity index (χ0n) is 14.1. The molecule has 3 aromatic rings. The summed E-state index contributed by atoms with van der Waals surface area (Å²) in [7, 11) is 1.84. The molecule has 7 nitrogen and oxygen atoms in total. The number of hydrogen-bond acceptors (Lipinski definition) is 5. The summed E-state index contributed by atoms with van der Waals surface area (Å²) >= 11 is 0. The molecule has 2 aromatic heterocycles. The number of carbonyl (C=O) groups is 1. The maximum absolute atomic E-state index is 12.2. The van der Waals surface area contributed by atoms with Crippen molar-refractivity contribution in [3.63, 3.8) is 0 Å². The van der Waals surface area contributed by atoms with Crippen LogP contribution >= 0.6 is 0 Å². The summed E-state index contributed by atoms with van der Waals surface area (Å²) in [5.74, 6) is 0.562. The van der Waals surface area contributed by atoms with Crippen molar-refractivity contribution in [2.24, 2.45) is 7.05 Å². The van der Waals surface area contributed by atoms with Gasteiger partial charge in [-0.3, -0.25) is 14.4 Å². The van der Waals surface area contributed by atoms with Gasteiger partial charge < -0.3 is 5.32 Å². The predicted octanol–water partition coefficient (Wildman–Crippen LogP) is 2.06. The van der Waals surface area contributed by atoms with E-state index in [1.807, 2.05) is 37.5 Å². The highest BCUT2D eigenvalue weighted by Crippen LogP contribution is 2.24. The number of carbonyl (C=O) groups excluding carboxylic acids is 1. The Balaban J connectivity index is 1.54. The summed E-state index contributed by atoms with van der Waals surface area (Å²) in [4.78, 5) is 18.7. The van der Waals surface area contributed by atoms with Crippen molar-refractivity contribution in [1.82, 2.24) is 24.9 Å². The number of hydrogen-bond donors (Lipinski definition) is 1. The maximum atomic E-state index is 12.2. The molecule has 4 rings (SSSR count). The normalized spacial score (nSPS) is 14.9. The lowest BCUT2D eigenvalue weighted by molar-refractivity contribution is -0.117. The van der Waals surface area contributed by atoms with Crippen LogP contribution in [-0.2, 0) is 11.8 Å². The van der Waals surface area contributed by atoms with E-state index in [4.69, 9.17) is 0 Å². The minimum atomic E-state index is -0.0150. The van der Waals surface area contributed by atoms with Gasteiger partial charge in [-0.15, -0.1) is 5.10 Å². The van der Waals surface area contributed by atoms with Gasteiger partial charge in [0.05, 0.1) is 12.7 Å². The predicted molar refractivity (Wildman–Crippen MR) is 96.0 cm³/mol. The molecular formula is C18H20N6O. The van der Waals surface area contributed by atoms with Crippen LogP contribution in [0.15, 0.2) is 36.7 Å². The third-order valence-electron chi connectivity index (χ3n) is 4.45. The molecule has 3 heterocycles. The first kappa shape index (κ1) is 15.7. The van der Waals surface area contributed by atoms with Crippen LogP contribution in [0.4, 0.5) is 5.82 Å². The standard InChI is InChI=1S/C18H20N6O/c1-23-11-16(21-22-23)13-4-5-14-10-19-17(9-15(14)8-13)20-18(25)12-24-6-2-3-7-24/h4-5,8-11H,2-3,6-7,12H2,1H3,(H,19,20,25). The SMILES string of the molecule is Cn1cc(-c2ccc3cnc(NC(=O)CN4CCCC4)cc3c2)nn1. The molecule has 1 aromatic carbocycles. The van der Waals surface area contributed by atoms with Crippen molar-refractivity contribution in [2.75, 3.05) is 25.0 Å². The molecule has 128 valence electrons. The molecule has 7 heteroatoms. The second kappa shape index (κ2) is 6.60. The molecule has 0 radical (unpaired) electrons. The van der Waals surface area contributed by atoms with Crippen LogP contribution in [0.5, 0.6) is 0 Å². The molecule has 0 unspecified atom stereocenters. The second-order valence-corrected chi connectivity index (χ2v) is 6.44. The molecule has 1 N–H and O–H groups in total. The van der Waals surface area contributed by atoms with Crippen molar-refractivity contribution >= 4 is 22.5 Å². The number of pyridine rings is 1. The number of amides is 1. The Labute approximate surface area is 145 Å². The Bertz CT molecular complexity index is 913. The van der Waals surface area contributed by atoms with Crippen LogP contribution < -0.4 is 5.32 Å². The molecule has 0 atom stereocenters. The molecule has 1 aliphatic rings. The van der Waals surface area contributed by atoms with E-state index >= 15 is 0 Å². The van der Waals surface area contributed by atoms with Crippen LogP contribution in [0.2, 0.25) is 0 Å². The fourth-order valence-corrected chi connectivity index (χ4v) is 3.17. The van der Waals surface area contributed by atoms with Crippen molar-refractivity contribution in [1.29, 1.82) is 0 Å². The van der Waals surface area contributed by atoms with Gasteiger partial charge in [0.1, 0.15) is 11.5 Å². The molecule has 0 aliphatic carbocycles. The monoisotopic (exact) mass is 336 g/mol. The molecule has 25 heavy (non-hydrogen) atoms. The highest BCUT2D eigenvalue weighted by molar-refractivity contribution is 5.94. The largest absolute Gasteiger partial charge is 0.310 e. The summed E-state index contributed by atoms with van der Waals surface area (Å²) in [5.41, 5.74) is 1.81. The van der Waals surface area contributed by atoms with Gasteiger partial charge in [-0.1, -0.05) is 17.3 Å². The first-order valence-electron chi connectivity index (χ1n) is 8.46. The Hall–Kier alpha value is -2.80. The summed E-state index contributed by atoms with van der Waals surface area (Å²) in [6, 6.07) is 7.94. The van der Waals surface area contributed by atoms with Gasteiger partial charge in [0.25, 0.3) is 0 Å². The lowest BCUT2D eigenvalue weighted by atomic mass is 10.1. The van der Waals surface area contributed by atoms with E-state index < -0.39 is 0 Å². The van der Waals surface area contributed by atoms with E-state index in [1.54, 1.807) is 10.9 Å². The first-order chi connectivity index (χ1) is 12.2. The molecule has 0 spiro atoms. The van der Waals surface area contributed by atoms with Crippen LogP contribution in [0.1, 0.15) is 12.8 Å². The van der Waals surface area contributed by atoms with Crippen LogP contribution in [0.25, 0.3) is 22.0 Å². The van der Waals surface area contributed by atoms with Crippen molar-refractivity contribution in [3.8, 4) is 11.3 Å². The van der Waals surface area contributed by atoms with Gasteiger partial charge in [-0.2, -0.15) is 0 Å². The number of aromatic nitrogens is 4. The fraction of sp³-hybridized carbons (Fsp3) is 0.333. The number of benzene rings is 1. The number of anilines is 1.